The third kappa shape index (κ3) is 0.868. The predicted octanol–water partition coefficient (Wildman–Crippen LogP) is 0.318. The highest BCUT2D eigenvalue weighted by atomic mass is 35.5. The average Bonchev–Trinajstić information content (AvgIpc) is 1.91. The Morgan fingerprint density at radius 3 is 2.86 bits per heavy atom. The number of hydrogen-bond donors (Lipinski definition) is 1. The number of likely N-dealkylation sites (N-methyl/N-ethyl adjacent to an activating group) is 1. The molecular weight excluding hydrogens is 112 g/mol. The first kappa shape index (κ1) is 4.94. The first-order valence-electron chi connectivity index (χ1n) is 2.01. The van der Waals surface area contributed by atoms with Gasteiger partial charge in [0.1, 0.15) is 5.50 Å². The molecule has 0 bridgehead atoms. The second kappa shape index (κ2) is 1.72. The molecule has 7 heavy (non-hydrogen) atoms. The molecule has 0 fully saturated rings. The zero-order chi connectivity index (χ0) is 5.28. The minimum atomic E-state index is -0.0972. The van der Waals surface area contributed by atoms with Crippen LogP contribution in [0.4, 0.5) is 0 Å². The highest BCUT2D eigenvalue weighted by Crippen LogP contribution is 2.03. The third-order valence-corrected chi connectivity index (χ3v) is 1.25. The molecule has 1 aliphatic rings. The fourth-order valence-electron chi connectivity index (χ4n) is 0.385. The van der Waals surface area contributed by atoms with Crippen molar-refractivity contribution >= 4 is 11.6 Å². The van der Waals surface area contributed by atoms with E-state index in [9.17, 15) is 0 Å². The SMILES string of the molecule is CN1NC=[C]C1Cl. The molecule has 39 valence electrons. The second-order valence-corrected chi connectivity index (χ2v) is 1.80. The first-order chi connectivity index (χ1) is 3.30. The van der Waals surface area contributed by atoms with Crippen LogP contribution in [0.1, 0.15) is 0 Å². The van der Waals surface area contributed by atoms with E-state index in [1.807, 2.05) is 7.05 Å². The molecule has 3 heteroatoms. The van der Waals surface area contributed by atoms with Crippen LogP contribution < -0.4 is 5.43 Å². The van der Waals surface area contributed by atoms with E-state index in [2.05, 4.69) is 11.5 Å². The normalized spacial score (nSPS) is 30.9. The van der Waals surface area contributed by atoms with Crippen molar-refractivity contribution in [3.8, 4) is 0 Å². The molecule has 0 aliphatic carbocycles. The van der Waals surface area contributed by atoms with Gasteiger partial charge in [-0.1, -0.05) is 11.6 Å². The molecule has 1 rings (SSSR count). The van der Waals surface area contributed by atoms with Crippen LogP contribution in [-0.2, 0) is 0 Å². The molecule has 1 radical (unpaired) electrons. The van der Waals surface area contributed by atoms with Crippen molar-refractivity contribution < 1.29 is 0 Å². The van der Waals surface area contributed by atoms with E-state index in [-0.39, 0.29) is 5.50 Å². The molecular formula is C4H6ClN2. The van der Waals surface area contributed by atoms with E-state index < -0.39 is 0 Å². The smallest absolute Gasteiger partial charge is 0.129 e. The van der Waals surface area contributed by atoms with Gasteiger partial charge in [0.15, 0.2) is 0 Å². The number of hydrogen-bond acceptors (Lipinski definition) is 2. The van der Waals surface area contributed by atoms with Crippen LogP contribution >= 0.6 is 11.6 Å². The molecule has 0 saturated heterocycles. The van der Waals surface area contributed by atoms with Crippen LogP contribution in [-0.4, -0.2) is 17.6 Å². The molecule has 1 unspecified atom stereocenters. The van der Waals surface area contributed by atoms with Crippen LogP contribution in [0.5, 0.6) is 0 Å². The predicted molar refractivity (Wildman–Crippen MR) is 28.4 cm³/mol. The molecule has 0 spiro atoms. The van der Waals surface area contributed by atoms with Gasteiger partial charge in [-0.25, -0.2) is 5.01 Å². The van der Waals surface area contributed by atoms with Crippen molar-refractivity contribution in [2.75, 3.05) is 7.05 Å². The highest BCUT2D eigenvalue weighted by molar-refractivity contribution is 6.21. The Hall–Kier alpha value is -0.210. The summed E-state index contributed by atoms with van der Waals surface area (Å²) in [6, 6.07) is 0. The molecule has 0 amide bonds. The van der Waals surface area contributed by atoms with E-state index in [1.54, 1.807) is 11.2 Å². The Kier molecular flexibility index (Phi) is 1.21. The summed E-state index contributed by atoms with van der Waals surface area (Å²) in [5.74, 6) is 0. The first-order valence-corrected chi connectivity index (χ1v) is 2.45. The van der Waals surface area contributed by atoms with E-state index in [4.69, 9.17) is 11.6 Å². The van der Waals surface area contributed by atoms with Crippen molar-refractivity contribution in [2.45, 2.75) is 5.50 Å². The van der Waals surface area contributed by atoms with Gasteiger partial charge in [-0.2, -0.15) is 0 Å². The summed E-state index contributed by atoms with van der Waals surface area (Å²) in [7, 11) is 1.86. The van der Waals surface area contributed by atoms with Gasteiger partial charge in [0.2, 0.25) is 0 Å². The summed E-state index contributed by atoms with van der Waals surface area (Å²) < 4.78 is 0. The van der Waals surface area contributed by atoms with Gasteiger partial charge in [0.05, 0.1) is 0 Å². The summed E-state index contributed by atoms with van der Waals surface area (Å²) in [6.07, 6.45) is 4.52. The third-order valence-electron chi connectivity index (χ3n) is 0.829. The lowest BCUT2D eigenvalue weighted by molar-refractivity contribution is 0.305. The largest absolute Gasteiger partial charge is 0.324 e. The topological polar surface area (TPSA) is 15.3 Å². The second-order valence-electron chi connectivity index (χ2n) is 1.39. The van der Waals surface area contributed by atoms with E-state index in [1.165, 1.54) is 0 Å². The van der Waals surface area contributed by atoms with Crippen molar-refractivity contribution in [3.63, 3.8) is 0 Å². The van der Waals surface area contributed by atoms with Crippen molar-refractivity contribution in [3.05, 3.63) is 12.3 Å². The minimum Gasteiger partial charge on any atom is -0.324 e. The molecule has 0 aromatic heterocycles. The van der Waals surface area contributed by atoms with Crippen molar-refractivity contribution in [2.24, 2.45) is 0 Å². The molecule has 1 heterocycles. The van der Waals surface area contributed by atoms with Crippen LogP contribution in [0.3, 0.4) is 0 Å². The lowest BCUT2D eigenvalue weighted by Gasteiger charge is -2.10. The zero-order valence-corrected chi connectivity index (χ0v) is 4.74. The number of nitrogens with zero attached hydrogens (tertiary/aromatic N) is 1. The van der Waals surface area contributed by atoms with Crippen molar-refractivity contribution in [1.29, 1.82) is 0 Å². The van der Waals surface area contributed by atoms with Gasteiger partial charge in [-0.15, -0.1) is 0 Å². The van der Waals surface area contributed by atoms with Gasteiger partial charge < -0.3 is 5.43 Å². The number of alkyl halides is 1. The van der Waals surface area contributed by atoms with Crippen LogP contribution in [0.2, 0.25) is 0 Å². The molecule has 1 atom stereocenters. The molecule has 1 aliphatic heterocycles. The molecule has 0 saturated carbocycles. The van der Waals surface area contributed by atoms with Crippen LogP contribution in [0.15, 0.2) is 6.20 Å². The number of nitrogens with one attached hydrogen (secondary N) is 1. The Morgan fingerprint density at radius 1 is 2.00 bits per heavy atom. The Balaban J connectivity index is 2.45. The maximum Gasteiger partial charge on any atom is 0.129 e. The van der Waals surface area contributed by atoms with Crippen LogP contribution in [0.25, 0.3) is 0 Å². The summed E-state index contributed by atoms with van der Waals surface area (Å²) in [6.45, 7) is 0. The fourth-order valence-corrected chi connectivity index (χ4v) is 0.504. The zero-order valence-electron chi connectivity index (χ0n) is 3.98. The molecule has 2 nitrogen and oxygen atoms in total. The van der Waals surface area contributed by atoms with Gasteiger partial charge in [0, 0.05) is 19.3 Å². The monoisotopic (exact) mass is 117 g/mol. The van der Waals surface area contributed by atoms with Crippen LogP contribution in [0, 0.1) is 6.08 Å². The Morgan fingerprint density at radius 2 is 2.71 bits per heavy atom. The van der Waals surface area contributed by atoms with E-state index in [0.29, 0.717) is 0 Å². The summed E-state index contributed by atoms with van der Waals surface area (Å²) in [5, 5.41) is 1.75. The minimum absolute atomic E-state index is 0.0972. The average molecular weight is 118 g/mol. The quantitative estimate of drug-likeness (QED) is 0.363. The molecule has 1 N–H and O–H groups in total. The molecule has 0 aromatic rings. The van der Waals surface area contributed by atoms with Gasteiger partial charge in [-0.05, 0) is 0 Å². The van der Waals surface area contributed by atoms with Gasteiger partial charge >= 0.3 is 0 Å². The summed E-state index contributed by atoms with van der Waals surface area (Å²) in [5.41, 5.74) is 2.74. The lowest BCUT2D eigenvalue weighted by atomic mass is 10.6. The standard InChI is InChI=1S/C4H6ClN2/c1-7-4(5)2-3-6-7/h3-4,6H,1H3. The summed E-state index contributed by atoms with van der Waals surface area (Å²) >= 11 is 5.58. The number of hydrazine groups is 1. The maximum atomic E-state index is 5.58. The number of halogens is 1. The lowest BCUT2D eigenvalue weighted by Crippen LogP contribution is -2.29. The Bertz CT molecular complexity index is 91.7. The van der Waals surface area contributed by atoms with Crippen molar-refractivity contribution in [1.82, 2.24) is 10.4 Å². The Labute approximate surface area is 47.7 Å². The maximum absolute atomic E-state index is 5.58. The van der Waals surface area contributed by atoms with Gasteiger partial charge in [-0.3, -0.25) is 0 Å². The number of rotatable bonds is 0. The fraction of sp³-hybridized carbons (Fsp3) is 0.500. The summed E-state index contributed by atoms with van der Waals surface area (Å²) in [4.78, 5) is 0. The molecule has 0 aromatic carbocycles. The van der Waals surface area contributed by atoms with Gasteiger partial charge in [0.25, 0.3) is 0 Å². The van der Waals surface area contributed by atoms with E-state index in [0.717, 1.165) is 0 Å². The highest BCUT2D eigenvalue weighted by Gasteiger charge is 2.09. The van der Waals surface area contributed by atoms with E-state index >= 15 is 0 Å².